The van der Waals surface area contributed by atoms with Gasteiger partial charge in [-0.25, -0.2) is 0 Å². The Labute approximate surface area is 68.9 Å². The van der Waals surface area contributed by atoms with Crippen LogP contribution in [0.1, 0.15) is 18.9 Å². The maximum Gasteiger partial charge on any atom is 0.708 e. The molecule has 12 heavy (non-hydrogen) atoms. The van der Waals surface area contributed by atoms with Crippen molar-refractivity contribution in [1.82, 2.24) is 15.0 Å². The Morgan fingerprint density at radius 3 is 2.92 bits per heavy atom. The first-order valence-electron chi connectivity index (χ1n) is 3.70. The van der Waals surface area contributed by atoms with Gasteiger partial charge in [-0.15, -0.1) is 5.10 Å². The Hall–Kier alpha value is -1.08. The molecule has 0 unspecified atom stereocenters. The molecule has 0 atom stereocenters. The van der Waals surface area contributed by atoms with Crippen LogP contribution in [0.15, 0.2) is 6.20 Å². The molecule has 1 aromatic rings. The van der Waals surface area contributed by atoms with Crippen molar-refractivity contribution in [1.29, 1.82) is 0 Å². The third-order valence-corrected chi connectivity index (χ3v) is 1.59. The van der Waals surface area contributed by atoms with Crippen molar-refractivity contribution in [2.24, 2.45) is 0 Å². The first-order valence-corrected chi connectivity index (χ1v) is 3.70. The number of aromatic nitrogens is 3. The number of rotatable bonds is 3. The highest BCUT2D eigenvalue weighted by Crippen LogP contribution is 2.33. The molecular formula is C5H8BN3O3. The summed E-state index contributed by atoms with van der Waals surface area (Å²) in [5.74, 6) is 0.136. The Morgan fingerprint density at radius 2 is 2.33 bits per heavy atom. The van der Waals surface area contributed by atoms with Crippen molar-refractivity contribution in [3.05, 3.63) is 6.20 Å². The predicted molar refractivity (Wildman–Crippen MR) is 39.1 cm³/mol. The third kappa shape index (κ3) is 1.57. The largest absolute Gasteiger partial charge is 0.708 e. The molecule has 1 heterocycles. The Morgan fingerprint density at radius 1 is 1.58 bits per heavy atom. The minimum Gasteiger partial charge on any atom is -0.495 e. The normalized spacial score (nSPS) is 16.2. The molecule has 0 radical (unpaired) electrons. The van der Waals surface area contributed by atoms with Crippen LogP contribution in [0.3, 0.4) is 0 Å². The van der Waals surface area contributed by atoms with Crippen molar-refractivity contribution < 1.29 is 14.7 Å². The number of nitrogens with zero attached hydrogens (tertiary/aromatic N) is 3. The number of hydrogen-bond donors (Lipinski definition) is 2. The van der Waals surface area contributed by atoms with Crippen LogP contribution in [0.25, 0.3) is 0 Å². The second-order valence-electron chi connectivity index (χ2n) is 2.68. The standard InChI is InChI=1S/C5H8BN3O3/c10-6(11)12-5-3-7-9(8-5)4-1-2-4/h3-4,10-11H,1-2H2. The van der Waals surface area contributed by atoms with E-state index in [1.807, 2.05) is 0 Å². The lowest BCUT2D eigenvalue weighted by Gasteiger charge is -1.97. The summed E-state index contributed by atoms with van der Waals surface area (Å²) in [5.41, 5.74) is 0. The molecule has 7 heteroatoms. The zero-order chi connectivity index (χ0) is 8.55. The molecule has 6 nitrogen and oxygen atoms in total. The summed E-state index contributed by atoms with van der Waals surface area (Å²) in [6.45, 7) is 0. The maximum atomic E-state index is 8.43. The van der Waals surface area contributed by atoms with E-state index in [1.54, 1.807) is 0 Å². The van der Waals surface area contributed by atoms with Crippen LogP contribution in [-0.2, 0) is 0 Å². The van der Waals surface area contributed by atoms with E-state index in [-0.39, 0.29) is 5.88 Å². The Balaban J connectivity index is 2.03. The highest BCUT2D eigenvalue weighted by atomic mass is 16.6. The maximum absolute atomic E-state index is 8.43. The van der Waals surface area contributed by atoms with Crippen molar-refractivity contribution >= 4 is 7.32 Å². The van der Waals surface area contributed by atoms with Crippen molar-refractivity contribution in [3.8, 4) is 5.88 Å². The topological polar surface area (TPSA) is 80.4 Å². The molecule has 0 saturated heterocycles. The minimum atomic E-state index is -1.82. The van der Waals surface area contributed by atoms with E-state index in [9.17, 15) is 0 Å². The molecule has 0 aromatic carbocycles. The van der Waals surface area contributed by atoms with Gasteiger partial charge in [0.1, 0.15) is 6.20 Å². The fourth-order valence-electron chi connectivity index (χ4n) is 0.905. The summed E-state index contributed by atoms with van der Waals surface area (Å²) in [4.78, 5) is 1.53. The fourth-order valence-corrected chi connectivity index (χ4v) is 0.905. The van der Waals surface area contributed by atoms with Crippen LogP contribution >= 0.6 is 0 Å². The van der Waals surface area contributed by atoms with Gasteiger partial charge in [-0.3, -0.25) is 0 Å². The van der Waals surface area contributed by atoms with E-state index in [0.29, 0.717) is 6.04 Å². The molecule has 2 N–H and O–H groups in total. The highest BCUT2D eigenvalue weighted by Gasteiger charge is 2.26. The summed E-state index contributed by atoms with van der Waals surface area (Å²) in [6, 6.07) is 0.373. The second kappa shape index (κ2) is 2.76. The summed E-state index contributed by atoms with van der Waals surface area (Å²) >= 11 is 0. The van der Waals surface area contributed by atoms with Gasteiger partial charge in [0.05, 0.1) is 6.04 Å². The van der Waals surface area contributed by atoms with Gasteiger partial charge in [0.15, 0.2) is 0 Å². The van der Waals surface area contributed by atoms with Gasteiger partial charge in [0, 0.05) is 0 Å². The summed E-state index contributed by atoms with van der Waals surface area (Å²) in [7, 11) is -1.82. The molecule has 0 aliphatic heterocycles. The van der Waals surface area contributed by atoms with Gasteiger partial charge in [-0.1, -0.05) is 0 Å². The number of hydrogen-bond acceptors (Lipinski definition) is 5. The zero-order valence-corrected chi connectivity index (χ0v) is 6.29. The molecule has 2 rings (SSSR count). The lowest BCUT2D eigenvalue weighted by molar-refractivity contribution is 0.281. The molecule has 0 spiro atoms. The van der Waals surface area contributed by atoms with E-state index in [4.69, 9.17) is 10.0 Å². The van der Waals surface area contributed by atoms with E-state index in [1.165, 1.54) is 11.0 Å². The van der Waals surface area contributed by atoms with Crippen LogP contribution < -0.4 is 4.65 Å². The molecule has 0 bridgehead atoms. The SMILES string of the molecule is OB(O)Oc1cnn(C2CC2)n1. The first kappa shape index (κ1) is 7.57. The smallest absolute Gasteiger partial charge is 0.495 e. The minimum absolute atomic E-state index is 0.136. The first-order chi connectivity index (χ1) is 5.75. The molecule has 64 valence electrons. The van der Waals surface area contributed by atoms with E-state index in [2.05, 4.69) is 14.9 Å². The van der Waals surface area contributed by atoms with Crippen LogP contribution in [0.5, 0.6) is 5.88 Å². The lowest BCUT2D eigenvalue weighted by atomic mass is 10.3. The monoisotopic (exact) mass is 169 g/mol. The Bertz CT molecular complexity index is 273. The molecular weight excluding hydrogens is 161 g/mol. The van der Waals surface area contributed by atoms with E-state index < -0.39 is 7.32 Å². The van der Waals surface area contributed by atoms with E-state index in [0.717, 1.165) is 12.8 Å². The molecule has 1 aliphatic carbocycles. The van der Waals surface area contributed by atoms with Gasteiger partial charge in [0.25, 0.3) is 0 Å². The third-order valence-electron chi connectivity index (χ3n) is 1.59. The average molecular weight is 169 g/mol. The van der Waals surface area contributed by atoms with Crippen LogP contribution in [0, 0.1) is 0 Å². The predicted octanol–water partition coefficient (Wildman–Crippen LogP) is -1.04. The highest BCUT2D eigenvalue weighted by molar-refractivity contribution is 6.33. The summed E-state index contributed by atoms with van der Waals surface area (Å²) in [6.07, 6.45) is 3.52. The van der Waals surface area contributed by atoms with Crippen molar-refractivity contribution in [3.63, 3.8) is 0 Å². The zero-order valence-electron chi connectivity index (χ0n) is 6.29. The molecule has 0 amide bonds. The second-order valence-corrected chi connectivity index (χ2v) is 2.68. The van der Waals surface area contributed by atoms with Crippen molar-refractivity contribution in [2.45, 2.75) is 18.9 Å². The van der Waals surface area contributed by atoms with E-state index >= 15 is 0 Å². The van der Waals surface area contributed by atoms with Gasteiger partial charge >= 0.3 is 7.32 Å². The van der Waals surface area contributed by atoms with Crippen LogP contribution in [0.4, 0.5) is 0 Å². The van der Waals surface area contributed by atoms with Gasteiger partial charge in [0.2, 0.25) is 5.88 Å². The summed E-state index contributed by atoms with van der Waals surface area (Å²) in [5, 5.41) is 24.6. The van der Waals surface area contributed by atoms with Crippen molar-refractivity contribution in [2.75, 3.05) is 0 Å². The molecule has 1 saturated carbocycles. The van der Waals surface area contributed by atoms with Crippen LogP contribution in [0.2, 0.25) is 0 Å². The summed E-state index contributed by atoms with van der Waals surface area (Å²) < 4.78 is 4.49. The molecule has 1 fully saturated rings. The van der Waals surface area contributed by atoms with Gasteiger partial charge in [-0.2, -0.15) is 9.90 Å². The Kier molecular flexibility index (Phi) is 1.74. The lowest BCUT2D eigenvalue weighted by Crippen LogP contribution is -2.20. The average Bonchev–Trinajstić information content (AvgIpc) is 2.73. The van der Waals surface area contributed by atoms with Crippen LogP contribution in [-0.4, -0.2) is 32.4 Å². The van der Waals surface area contributed by atoms with Gasteiger partial charge < -0.3 is 14.7 Å². The van der Waals surface area contributed by atoms with Gasteiger partial charge in [-0.05, 0) is 12.8 Å². The fraction of sp³-hybridized carbons (Fsp3) is 0.600. The molecule has 1 aromatic heterocycles. The quantitative estimate of drug-likeness (QED) is 0.565. The molecule has 1 aliphatic rings.